The molecule has 2 rings (SSSR count). The summed E-state index contributed by atoms with van der Waals surface area (Å²) in [7, 11) is 0. The van der Waals surface area contributed by atoms with Gasteiger partial charge in [0.1, 0.15) is 5.75 Å². The summed E-state index contributed by atoms with van der Waals surface area (Å²) in [5, 5.41) is 9.18. The lowest BCUT2D eigenvalue weighted by atomic mass is 10.1. The minimum Gasteiger partial charge on any atom is -0.508 e. The molecule has 0 saturated carbocycles. The van der Waals surface area contributed by atoms with E-state index in [1.807, 2.05) is 19.1 Å². The standard InChI is InChI=1S/C18H20O3/c1-14-2-4-16(5-3-14)12-13-21-18(20)11-8-15-6-9-17(19)10-7-15/h2-7,9-10,19H,8,11-13H2,1H3. The summed E-state index contributed by atoms with van der Waals surface area (Å²) in [6, 6.07) is 15.1. The molecule has 0 bridgehead atoms. The van der Waals surface area contributed by atoms with Crippen LogP contribution in [0.2, 0.25) is 0 Å². The van der Waals surface area contributed by atoms with Crippen LogP contribution in [0.3, 0.4) is 0 Å². The zero-order valence-corrected chi connectivity index (χ0v) is 12.2. The highest BCUT2D eigenvalue weighted by molar-refractivity contribution is 5.69. The fraction of sp³-hybridized carbons (Fsp3) is 0.278. The molecule has 110 valence electrons. The molecule has 0 saturated heterocycles. The SMILES string of the molecule is Cc1ccc(CCOC(=O)CCc2ccc(O)cc2)cc1. The van der Waals surface area contributed by atoms with Crippen molar-refractivity contribution >= 4 is 5.97 Å². The van der Waals surface area contributed by atoms with Crippen LogP contribution in [0.5, 0.6) is 5.75 Å². The first-order valence-electron chi connectivity index (χ1n) is 7.12. The first kappa shape index (κ1) is 15.1. The molecule has 1 N–H and O–H groups in total. The Balaban J connectivity index is 1.67. The number of carbonyl (C=O) groups excluding carboxylic acids is 1. The second kappa shape index (κ2) is 7.48. The summed E-state index contributed by atoms with van der Waals surface area (Å²) < 4.78 is 5.23. The molecular formula is C18H20O3. The Kier molecular flexibility index (Phi) is 5.38. The van der Waals surface area contributed by atoms with E-state index in [0.29, 0.717) is 19.4 Å². The maximum atomic E-state index is 11.7. The van der Waals surface area contributed by atoms with Crippen molar-refractivity contribution < 1.29 is 14.6 Å². The van der Waals surface area contributed by atoms with E-state index in [9.17, 15) is 9.90 Å². The van der Waals surface area contributed by atoms with Gasteiger partial charge in [0.2, 0.25) is 0 Å². The average Bonchev–Trinajstić information content (AvgIpc) is 2.49. The number of rotatable bonds is 6. The third kappa shape index (κ3) is 5.30. The van der Waals surface area contributed by atoms with Crippen LogP contribution in [-0.2, 0) is 22.4 Å². The number of carbonyl (C=O) groups is 1. The van der Waals surface area contributed by atoms with Gasteiger partial charge in [0.25, 0.3) is 0 Å². The highest BCUT2D eigenvalue weighted by Crippen LogP contribution is 2.11. The molecule has 0 amide bonds. The summed E-state index contributed by atoms with van der Waals surface area (Å²) in [6.07, 6.45) is 1.73. The van der Waals surface area contributed by atoms with Crippen molar-refractivity contribution in [1.29, 1.82) is 0 Å². The summed E-state index contributed by atoms with van der Waals surface area (Å²) in [4.78, 5) is 11.7. The first-order valence-corrected chi connectivity index (χ1v) is 7.12. The van der Waals surface area contributed by atoms with E-state index in [2.05, 4.69) is 24.3 Å². The number of aryl methyl sites for hydroxylation is 2. The van der Waals surface area contributed by atoms with Gasteiger partial charge in [-0.15, -0.1) is 0 Å². The summed E-state index contributed by atoms with van der Waals surface area (Å²) in [5.74, 6) is 0.0506. The number of hydrogen-bond donors (Lipinski definition) is 1. The van der Waals surface area contributed by atoms with Gasteiger partial charge in [-0.1, -0.05) is 42.0 Å². The Bertz CT molecular complexity index is 570. The molecule has 3 heteroatoms. The Morgan fingerprint density at radius 3 is 2.19 bits per heavy atom. The van der Waals surface area contributed by atoms with Gasteiger partial charge in [0.05, 0.1) is 6.61 Å². The van der Waals surface area contributed by atoms with Gasteiger partial charge in [-0.05, 0) is 36.6 Å². The molecule has 0 heterocycles. The van der Waals surface area contributed by atoms with Crippen LogP contribution in [0.4, 0.5) is 0 Å². The number of phenolic OH excluding ortho intramolecular Hbond substituents is 1. The molecule has 3 nitrogen and oxygen atoms in total. The van der Waals surface area contributed by atoms with Gasteiger partial charge < -0.3 is 9.84 Å². The molecule has 0 spiro atoms. The van der Waals surface area contributed by atoms with Gasteiger partial charge in [-0.3, -0.25) is 4.79 Å². The molecule has 0 aliphatic heterocycles. The van der Waals surface area contributed by atoms with Crippen LogP contribution in [0.1, 0.15) is 23.1 Å². The smallest absolute Gasteiger partial charge is 0.306 e. The number of esters is 1. The van der Waals surface area contributed by atoms with Crippen molar-refractivity contribution in [3.63, 3.8) is 0 Å². The number of benzene rings is 2. The van der Waals surface area contributed by atoms with E-state index < -0.39 is 0 Å². The van der Waals surface area contributed by atoms with Crippen LogP contribution >= 0.6 is 0 Å². The van der Waals surface area contributed by atoms with Crippen molar-refractivity contribution in [2.75, 3.05) is 6.61 Å². The lowest BCUT2D eigenvalue weighted by Crippen LogP contribution is -2.08. The van der Waals surface area contributed by atoms with E-state index in [0.717, 1.165) is 12.0 Å². The van der Waals surface area contributed by atoms with Gasteiger partial charge >= 0.3 is 5.97 Å². The number of hydrogen-bond acceptors (Lipinski definition) is 3. The van der Waals surface area contributed by atoms with E-state index >= 15 is 0 Å². The van der Waals surface area contributed by atoms with E-state index in [4.69, 9.17) is 4.74 Å². The molecule has 21 heavy (non-hydrogen) atoms. The van der Waals surface area contributed by atoms with E-state index in [-0.39, 0.29) is 11.7 Å². The largest absolute Gasteiger partial charge is 0.508 e. The summed E-state index contributed by atoms with van der Waals surface area (Å²) in [5.41, 5.74) is 3.42. The minimum atomic E-state index is -0.185. The van der Waals surface area contributed by atoms with Crippen molar-refractivity contribution in [2.45, 2.75) is 26.2 Å². The first-order chi connectivity index (χ1) is 10.1. The number of aromatic hydroxyl groups is 1. The molecule has 0 aliphatic carbocycles. The third-order valence-electron chi connectivity index (χ3n) is 3.33. The summed E-state index contributed by atoms with van der Waals surface area (Å²) >= 11 is 0. The highest BCUT2D eigenvalue weighted by atomic mass is 16.5. The van der Waals surface area contributed by atoms with Crippen LogP contribution in [0, 0.1) is 6.92 Å². The second-order valence-corrected chi connectivity index (χ2v) is 5.12. The van der Waals surface area contributed by atoms with Crippen LogP contribution in [-0.4, -0.2) is 17.7 Å². The maximum absolute atomic E-state index is 11.7. The fourth-order valence-electron chi connectivity index (χ4n) is 2.02. The van der Waals surface area contributed by atoms with E-state index in [1.54, 1.807) is 12.1 Å². The van der Waals surface area contributed by atoms with Gasteiger partial charge in [-0.25, -0.2) is 0 Å². The molecule has 0 radical (unpaired) electrons. The fourth-order valence-corrected chi connectivity index (χ4v) is 2.02. The molecule has 0 aromatic heterocycles. The van der Waals surface area contributed by atoms with Crippen molar-refractivity contribution in [3.05, 3.63) is 65.2 Å². The lowest BCUT2D eigenvalue weighted by Gasteiger charge is -2.06. The van der Waals surface area contributed by atoms with Crippen molar-refractivity contribution in [2.24, 2.45) is 0 Å². The van der Waals surface area contributed by atoms with E-state index in [1.165, 1.54) is 11.1 Å². The van der Waals surface area contributed by atoms with Gasteiger partial charge in [-0.2, -0.15) is 0 Å². The molecule has 2 aromatic rings. The second-order valence-electron chi connectivity index (χ2n) is 5.12. The molecule has 0 aliphatic rings. The summed E-state index contributed by atoms with van der Waals surface area (Å²) in [6.45, 7) is 2.46. The van der Waals surface area contributed by atoms with Crippen LogP contribution < -0.4 is 0 Å². The predicted molar refractivity (Wildman–Crippen MR) is 82.3 cm³/mol. The lowest BCUT2D eigenvalue weighted by molar-refractivity contribution is -0.143. The maximum Gasteiger partial charge on any atom is 0.306 e. The Hall–Kier alpha value is -2.29. The zero-order chi connectivity index (χ0) is 15.1. The predicted octanol–water partition coefficient (Wildman–Crippen LogP) is 3.42. The number of phenols is 1. The number of ether oxygens (including phenoxy) is 1. The molecule has 2 aromatic carbocycles. The zero-order valence-electron chi connectivity index (χ0n) is 12.2. The van der Waals surface area contributed by atoms with Crippen LogP contribution in [0.15, 0.2) is 48.5 Å². The van der Waals surface area contributed by atoms with Crippen LogP contribution in [0.25, 0.3) is 0 Å². The molecular weight excluding hydrogens is 264 g/mol. The molecule has 0 unspecified atom stereocenters. The Morgan fingerprint density at radius 2 is 1.52 bits per heavy atom. The minimum absolute atomic E-state index is 0.185. The Labute approximate surface area is 125 Å². The topological polar surface area (TPSA) is 46.5 Å². The third-order valence-corrected chi connectivity index (χ3v) is 3.33. The Morgan fingerprint density at radius 1 is 0.952 bits per heavy atom. The molecule has 0 atom stereocenters. The van der Waals surface area contributed by atoms with Gasteiger partial charge in [0.15, 0.2) is 0 Å². The average molecular weight is 284 g/mol. The highest BCUT2D eigenvalue weighted by Gasteiger charge is 2.04. The molecule has 0 fully saturated rings. The van der Waals surface area contributed by atoms with Crippen molar-refractivity contribution in [3.8, 4) is 5.75 Å². The quantitative estimate of drug-likeness (QED) is 0.827. The van der Waals surface area contributed by atoms with Gasteiger partial charge in [0, 0.05) is 12.8 Å². The monoisotopic (exact) mass is 284 g/mol. The normalized spacial score (nSPS) is 10.3. The van der Waals surface area contributed by atoms with Crippen molar-refractivity contribution in [1.82, 2.24) is 0 Å².